The highest BCUT2D eigenvalue weighted by Gasteiger charge is 2.55. The van der Waals surface area contributed by atoms with Crippen LogP contribution >= 0.6 is 0 Å². The van der Waals surface area contributed by atoms with E-state index in [9.17, 15) is 27.9 Å². The molecule has 5 rings (SSSR count). The molecule has 1 saturated heterocycles. The molecule has 2 saturated carbocycles. The van der Waals surface area contributed by atoms with Gasteiger partial charge in [0.25, 0.3) is 0 Å². The van der Waals surface area contributed by atoms with Crippen LogP contribution in [0.2, 0.25) is 0 Å². The average Bonchev–Trinajstić information content (AvgIpc) is 3.39. The number of carbonyl (C=O) groups is 2. The standard InChI is InChI=1S/C28H35F3N4O4/c1-26(2,3)35(25(37)38)27(12-4-5-13-27)24(36)34-15-19(17-8-10-21(11-9-17)28(29,30)31)14-20(16-34)23-32-22(33-39-23)18-6-7-18/h8-11,18-20H,4-7,12-16H2,1-3H3,(H,37,38). The van der Waals surface area contributed by atoms with Crippen LogP contribution in [0.1, 0.15) is 106 Å². The molecule has 1 aromatic heterocycles. The van der Waals surface area contributed by atoms with Crippen LogP contribution in [-0.2, 0) is 11.0 Å². The van der Waals surface area contributed by atoms with Crippen LogP contribution in [0.25, 0.3) is 0 Å². The third-order valence-corrected chi connectivity index (χ3v) is 8.32. The van der Waals surface area contributed by atoms with Crippen molar-refractivity contribution >= 4 is 12.0 Å². The summed E-state index contributed by atoms with van der Waals surface area (Å²) in [5.41, 5.74) is -2.06. The molecule has 3 aliphatic rings. The molecule has 1 aliphatic heterocycles. The van der Waals surface area contributed by atoms with Gasteiger partial charge in [-0.1, -0.05) is 30.1 Å². The first kappa shape index (κ1) is 27.5. The Kier molecular flexibility index (Phi) is 6.91. The fraction of sp³-hybridized carbons (Fsp3) is 0.643. The first-order valence-electron chi connectivity index (χ1n) is 13.6. The van der Waals surface area contributed by atoms with Crippen molar-refractivity contribution in [2.75, 3.05) is 13.1 Å². The average molecular weight is 549 g/mol. The summed E-state index contributed by atoms with van der Waals surface area (Å²) < 4.78 is 45.2. The molecule has 3 fully saturated rings. The maximum atomic E-state index is 14.4. The lowest BCUT2D eigenvalue weighted by Crippen LogP contribution is -2.66. The normalized spacial score (nSPS) is 23.6. The van der Waals surface area contributed by atoms with Crippen LogP contribution in [0, 0.1) is 0 Å². The lowest BCUT2D eigenvalue weighted by molar-refractivity contribution is -0.148. The second-order valence-electron chi connectivity index (χ2n) is 12.3. The fourth-order valence-electron chi connectivity index (χ4n) is 6.45. The summed E-state index contributed by atoms with van der Waals surface area (Å²) in [4.78, 5) is 34.5. The second kappa shape index (κ2) is 9.82. The molecule has 2 aliphatic carbocycles. The Hall–Kier alpha value is -3.11. The minimum Gasteiger partial charge on any atom is -0.465 e. The number of carboxylic acid groups (broad SMARTS) is 1. The maximum absolute atomic E-state index is 14.4. The number of aromatic nitrogens is 2. The molecule has 212 valence electrons. The van der Waals surface area contributed by atoms with E-state index >= 15 is 0 Å². The summed E-state index contributed by atoms with van der Waals surface area (Å²) in [6, 6.07) is 5.05. The van der Waals surface area contributed by atoms with Crippen LogP contribution in [0.15, 0.2) is 28.8 Å². The van der Waals surface area contributed by atoms with Crippen molar-refractivity contribution in [1.82, 2.24) is 19.9 Å². The van der Waals surface area contributed by atoms with Crippen molar-refractivity contribution in [3.63, 3.8) is 0 Å². The second-order valence-corrected chi connectivity index (χ2v) is 12.3. The number of hydrogen-bond acceptors (Lipinski definition) is 5. The molecule has 11 heteroatoms. The van der Waals surface area contributed by atoms with E-state index in [1.807, 2.05) is 0 Å². The molecule has 1 N–H and O–H groups in total. The molecular weight excluding hydrogens is 513 g/mol. The number of amides is 2. The number of carbonyl (C=O) groups excluding carboxylic acids is 1. The van der Waals surface area contributed by atoms with E-state index in [-0.39, 0.29) is 36.8 Å². The zero-order valence-electron chi connectivity index (χ0n) is 22.5. The zero-order chi connectivity index (χ0) is 28.2. The first-order chi connectivity index (χ1) is 18.3. The lowest BCUT2D eigenvalue weighted by Gasteiger charge is -2.49. The van der Waals surface area contributed by atoms with Crippen molar-refractivity contribution in [1.29, 1.82) is 0 Å². The van der Waals surface area contributed by atoms with Gasteiger partial charge in [-0.2, -0.15) is 18.2 Å². The molecular formula is C28H35F3N4O4. The molecule has 0 bridgehead atoms. The summed E-state index contributed by atoms with van der Waals surface area (Å²) in [6.07, 6.45) is -0.736. The topological polar surface area (TPSA) is 99.8 Å². The largest absolute Gasteiger partial charge is 0.465 e. The molecule has 2 atom stereocenters. The predicted molar refractivity (Wildman–Crippen MR) is 135 cm³/mol. The monoisotopic (exact) mass is 548 g/mol. The van der Waals surface area contributed by atoms with Gasteiger partial charge < -0.3 is 14.5 Å². The molecule has 2 amide bonds. The SMILES string of the molecule is CC(C)(C)N(C(=O)O)C1(C(=O)N2CC(c3ccc(C(F)(F)F)cc3)CC(c3nc(C4CC4)no3)C2)CCCC1. The van der Waals surface area contributed by atoms with Crippen LogP contribution in [0.3, 0.4) is 0 Å². The van der Waals surface area contributed by atoms with Crippen molar-refractivity contribution in [3.05, 3.63) is 47.1 Å². The van der Waals surface area contributed by atoms with Gasteiger partial charge >= 0.3 is 12.3 Å². The van der Waals surface area contributed by atoms with Crippen molar-refractivity contribution < 1.29 is 32.4 Å². The van der Waals surface area contributed by atoms with Gasteiger partial charge in [0.2, 0.25) is 11.8 Å². The van der Waals surface area contributed by atoms with Gasteiger partial charge in [0, 0.05) is 30.5 Å². The lowest BCUT2D eigenvalue weighted by atomic mass is 9.82. The van der Waals surface area contributed by atoms with E-state index in [0.717, 1.165) is 37.8 Å². The van der Waals surface area contributed by atoms with Gasteiger partial charge in [-0.3, -0.25) is 9.69 Å². The number of halogens is 3. The Bertz CT molecular complexity index is 1210. The van der Waals surface area contributed by atoms with Gasteiger partial charge in [0.1, 0.15) is 5.54 Å². The highest BCUT2D eigenvalue weighted by atomic mass is 19.4. The highest BCUT2D eigenvalue weighted by Crippen LogP contribution is 2.45. The Morgan fingerprint density at radius 2 is 1.64 bits per heavy atom. The summed E-state index contributed by atoms with van der Waals surface area (Å²) in [5, 5.41) is 14.4. The van der Waals surface area contributed by atoms with Crippen LogP contribution in [0.5, 0.6) is 0 Å². The molecule has 8 nitrogen and oxygen atoms in total. The van der Waals surface area contributed by atoms with Gasteiger partial charge in [-0.05, 0) is 70.6 Å². The van der Waals surface area contributed by atoms with Crippen LogP contribution < -0.4 is 0 Å². The molecule has 39 heavy (non-hydrogen) atoms. The minimum atomic E-state index is -4.44. The summed E-state index contributed by atoms with van der Waals surface area (Å²) in [6.45, 7) is 5.91. The molecule has 2 unspecified atom stereocenters. The number of alkyl halides is 3. The Morgan fingerprint density at radius 1 is 1.03 bits per heavy atom. The molecule has 1 aromatic carbocycles. The maximum Gasteiger partial charge on any atom is 0.416 e. The number of nitrogens with zero attached hydrogens (tertiary/aromatic N) is 4. The van der Waals surface area contributed by atoms with E-state index in [1.165, 1.54) is 17.0 Å². The predicted octanol–water partition coefficient (Wildman–Crippen LogP) is 6.16. The van der Waals surface area contributed by atoms with E-state index in [2.05, 4.69) is 10.1 Å². The van der Waals surface area contributed by atoms with Gasteiger partial charge in [-0.15, -0.1) is 0 Å². The highest BCUT2D eigenvalue weighted by molar-refractivity contribution is 5.90. The smallest absolute Gasteiger partial charge is 0.416 e. The number of piperidine rings is 1. The number of rotatable bonds is 5. The molecule has 0 radical (unpaired) electrons. The fourth-order valence-corrected chi connectivity index (χ4v) is 6.45. The van der Waals surface area contributed by atoms with Gasteiger partial charge in [0.05, 0.1) is 11.5 Å². The third-order valence-electron chi connectivity index (χ3n) is 8.32. The molecule has 2 aromatic rings. The van der Waals surface area contributed by atoms with E-state index in [4.69, 9.17) is 4.52 Å². The van der Waals surface area contributed by atoms with Crippen LogP contribution in [-0.4, -0.2) is 61.2 Å². The zero-order valence-corrected chi connectivity index (χ0v) is 22.5. The van der Waals surface area contributed by atoms with Gasteiger partial charge in [0.15, 0.2) is 5.82 Å². The summed E-state index contributed by atoms with van der Waals surface area (Å²) in [7, 11) is 0. The number of likely N-dealkylation sites (tertiary alicyclic amines) is 1. The third kappa shape index (κ3) is 5.36. The van der Waals surface area contributed by atoms with Crippen molar-refractivity contribution in [2.24, 2.45) is 0 Å². The quantitative estimate of drug-likeness (QED) is 0.481. The van der Waals surface area contributed by atoms with E-state index in [1.54, 1.807) is 25.7 Å². The number of hydrogen-bond donors (Lipinski definition) is 1. The molecule has 0 spiro atoms. The van der Waals surface area contributed by atoms with Gasteiger partial charge in [-0.25, -0.2) is 4.79 Å². The first-order valence-corrected chi connectivity index (χ1v) is 13.6. The summed E-state index contributed by atoms with van der Waals surface area (Å²) >= 11 is 0. The Morgan fingerprint density at radius 3 is 2.18 bits per heavy atom. The molecule has 2 heterocycles. The van der Waals surface area contributed by atoms with E-state index < -0.39 is 28.9 Å². The van der Waals surface area contributed by atoms with Crippen molar-refractivity contribution in [2.45, 2.75) is 101 Å². The number of benzene rings is 1. The Labute approximate surface area is 225 Å². The van der Waals surface area contributed by atoms with Crippen LogP contribution in [0.4, 0.5) is 18.0 Å². The Balaban J connectivity index is 1.49. The minimum absolute atomic E-state index is 0.263. The summed E-state index contributed by atoms with van der Waals surface area (Å²) in [5.74, 6) is 0.487. The van der Waals surface area contributed by atoms with E-state index in [0.29, 0.717) is 36.5 Å². The van der Waals surface area contributed by atoms with Crippen molar-refractivity contribution in [3.8, 4) is 0 Å².